The van der Waals surface area contributed by atoms with Crippen LogP contribution >= 0.6 is 0 Å². The standard InChI is InChI=1S/C14H14O6/c1-7-12(14(17)18-3)10-6-9(4-5-11(10)20-7)19-8(2)13(15)16/h4-6,8H,1-3H3,(H,15,16)/p-1. The molecule has 106 valence electrons. The molecule has 0 aliphatic carbocycles. The van der Waals surface area contributed by atoms with Crippen LogP contribution in [0.4, 0.5) is 0 Å². The number of carbonyl (C=O) groups is 2. The average Bonchev–Trinajstić information content (AvgIpc) is 2.73. The van der Waals surface area contributed by atoms with Gasteiger partial charge in [-0.05, 0) is 32.0 Å². The fraction of sp³-hybridized carbons (Fsp3) is 0.286. The number of methoxy groups -OCH3 is 1. The number of carboxylic acids is 1. The highest BCUT2D eigenvalue weighted by atomic mass is 16.5. The van der Waals surface area contributed by atoms with Gasteiger partial charge in [0.1, 0.15) is 28.8 Å². The number of hydrogen-bond donors (Lipinski definition) is 0. The van der Waals surface area contributed by atoms with E-state index >= 15 is 0 Å². The van der Waals surface area contributed by atoms with Crippen molar-refractivity contribution in [1.29, 1.82) is 0 Å². The first-order chi connectivity index (χ1) is 9.43. The van der Waals surface area contributed by atoms with E-state index in [1.54, 1.807) is 19.1 Å². The zero-order chi connectivity index (χ0) is 14.9. The maximum absolute atomic E-state index is 11.7. The molecule has 6 heteroatoms. The molecule has 1 unspecified atom stereocenters. The summed E-state index contributed by atoms with van der Waals surface area (Å²) < 4.78 is 15.3. The molecule has 20 heavy (non-hydrogen) atoms. The van der Waals surface area contributed by atoms with Crippen LogP contribution in [0.25, 0.3) is 11.0 Å². The van der Waals surface area contributed by atoms with E-state index in [-0.39, 0.29) is 0 Å². The molecule has 2 rings (SSSR count). The van der Waals surface area contributed by atoms with E-state index in [1.807, 2.05) is 0 Å². The Kier molecular flexibility index (Phi) is 3.65. The molecular formula is C14H13O6-. The van der Waals surface area contributed by atoms with Crippen LogP contribution in [0.2, 0.25) is 0 Å². The van der Waals surface area contributed by atoms with Crippen molar-refractivity contribution >= 4 is 22.9 Å². The Bertz CT molecular complexity index is 670. The van der Waals surface area contributed by atoms with Crippen LogP contribution in [-0.2, 0) is 9.53 Å². The van der Waals surface area contributed by atoms with Gasteiger partial charge in [0.25, 0.3) is 0 Å². The van der Waals surface area contributed by atoms with Gasteiger partial charge in [0.2, 0.25) is 0 Å². The lowest BCUT2D eigenvalue weighted by Gasteiger charge is -2.15. The van der Waals surface area contributed by atoms with E-state index < -0.39 is 18.0 Å². The maximum Gasteiger partial charge on any atom is 0.342 e. The molecular weight excluding hydrogens is 264 g/mol. The third kappa shape index (κ3) is 2.45. The normalized spacial score (nSPS) is 12.2. The molecule has 0 radical (unpaired) electrons. The number of carbonyl (C=O) groups excluding carboxylic acids is 2. The predicted molar refractivity (Wildman–Crippen MR) is 67.4 cm³/mol. The van der Waals surface area contributed by atoms with Crippen molar-refractivity contribution < 1.29 is 28.6 Å². The smallest absolute Gasteiger partial charge is 0.342 e. The first-order valence-corrected chi connectivity index (χ1v) is 5.93. The number of aryl methyl sites for hydroxylation is 1. The molecule has 1 aromatic heterocycles. The minimum atomic E-state index is -1.32. The largest absolute Gasteiger partial charge is 0.546 e. The van der Waals surface area contributed by atoms with Crippen LogP contribution in [0.5, 0.6) is 5.75 Å². The van der Waals surface area contributed by atoms with Crippen LogP contribution in [-0.4, -0.2) is 25.2 Å². The van der Waals surface area contributed by atoms with Gasteiger partial charge in [0, 0.05) is 5.39 Å². The summed E-state index contributed by atoms with van der Waals surface area (Å²) in [5, 5.41) is 11.2. The predicted octanol–water partition coefficient (Wildman–Crippen LogP) is 1.05. The Morgan fingerprint density at radius 3 is 2.65 bits per heavy atom. The van der Waals surface area contributed by atoms with E-state index in [4.69, 9.17) is 13.9 Å². The molecule has 0 spiro atoms. The van der Waals surface area contributed by atoms with Crippen LogP contribution in [0.1, 0.15) is 23.0 Å². The third-order valence-electron chi connectivity index (χ3n) is 2.87. The fourth-order valence-corrected chi connectivity index (χ4v) is 1.88. The lowest BCUT2D eigenvalue weighted by Crippen LogP contribution is -2.37. The van der Waals surface area contributed by atoms with Gasteiger partial charge in [-0.25, -0.2) is 4.79 Å². The molecule has 0 saturated carbocycles. The first kappa shape index (κ1) is 13.9. The number of ether oxygens (including phenoxy) is 2. The summed E-state index contributed by atoms with van der Waals surface area (Å²) >= 11 is 0. The molecule has 2 aromatic rings. The van der Waals surface area contributed by atoms with Crippen LogP contribution < -0.4 is 9.84 Å². The van der Waals surface area contributed by atoms with Crippen LogP contribution in [0, 0.1) is 6.92 Å². The molecule has 1 heterocycles. The van der Waals surface area contributed by atoms with Crippen molar-refractivity contribution in [2.75, 3.05) is 7.11 Å². The first-order valence-electron chi connectivity index (χ1n) is 5.93. The molecule has 0 N–H and O–H groups in total. The number of furan rings is 1. The Hall–Kier alpha value is -2.50. The van der Waals surface area contributed by atoms with Gasteiger partial charge >= 0.3 is 5.97 Å². The van der Waals surface area contributed by atoms with Crippen molar-refractivity contribution in [2.45, 2.75) is 20.0 Å². The van der Waals surface area contributed by atoms with Gasteiger partial charge in [0.15, 0.2) is 0 Å². The van der Waals surface area contributed by atoms with Crippen molar-refractivity contribution in [3.05, 3.63) is 29.5 Å². The van der Waals surface area contributed by atoms with Gasteiger partial charge in [-0.2, -0.15) is 0 Å². The zero-order valence-corrected chi connectivity index (χ0v) is 11.3. The van der Waals surface area contributed by atoms with E-state index in [0.717, 1.165) is 0 Å². The number of hydrogen-bond acceptors (Lipinski definition) is 6. The van der Waals surface area contributed by atoms with Gasteiger partial charge in [0.05, 0.1) is 13.1 Å². The maximum atomic E-state index is 11.7. The highest BCUT2D eigenvalue weighted by Crippen LogP contribution is 2.29. The van der Waals surface area contributed by atoms with E-state index in [1.165, 1.54) is 20.1 Å². The number of benzene rings is 1. The average molecular weight is 277 g/mol. The third-order valence-corrected chi connectivity index (χ3v) is 2.87. The SMILES string of the molecule is COC(=O)c1c(C)oc2ccc(OC(C)C(=O)[O-])cc12. The molecule has 1 atom stereocenters. The van der Waals surface area contributed by atoms with E-state index in [9.17, 15) is 14.7 Å². The fourth-order valence-electron chi connectivity index (χ4n) is 1.88. The summed E-state index contributed by atoms with van der Waals surface area (Å²) in [7, 11) is 1.28. The molecule has 0 bridgehead atoms. The van der Waals surface area contributed by atoms with Gasteiger partial charge < -0.3 is 23.8 Å². The van der Waals surface area contributed by atoms with Crippen molar-refractivity contribution in [3.63, 3.8) is 0 Å². The number of esters is 1. The number of aliphatic carboxylic acids is 1. The summed E-state index contributed by atoms with van der Waals surface area (Å²) in [6.07, 6.45) is -1.10. The second-order valence-corrected chi connectivity index (χ2v) is 4.26. The number of rotatable bonds is 4. The second-order valence-electron chi connectivity index (χ2n) is 4.26. The molecule has 0 aliphatic heterocycles. The summed E-state index contributed by atoms with van der Waals surface area (Å²) in [4.78, 5) is 22.4. The van der Waals surface area contributed by atoms with Gasteiger partial charge in [-0.15, -0.1) is 0 Å². The Morgan fingerprint density at radius 1 is 1.35 bits per heavy atom. The molecule has 0 fully saturated rings. The minimum Gasteiger partial charge on any atom is -0.546 e. The van der Waals surface area contributed by atoms with Crippen molar-refractivity contribution in [2.24, 2.45) is 0 Å². The molecule has 0 saturated heterocycles. The summed E-state index contributed by atoms with van der Waals surface area (Å²) in [5.74, 6) is -1.11. The summed E-state index contributed by atoms with van der Waals surface area (Å²) in [5.41, 5.74) is 0.797. The van der Waals surface area contributed by atoms with Crippen molar-refractivity contribution in [3.8, 4) is 5.75 Å². The Labute approximate surface area is 114 Å². The lowest BCUT2D eigenvalue weighted by molar-refractivity contribution is -0.312. The van der Waals surface area contributed by atoms with Gasteiger partial charge in [-0.3, -0.25) is 0 Å². The molecule has 6 nitrogen and oxygen atoms in total. The zero-order valence-electron chi connectivity index (χ0n) is 11.3. The summed E-state index contributed by atoms with van der Waals surface area (Å²) in [6, 6.07) is 4.70. The second kappa shape index (κ2) is 5.24. The topological polar surface area (TPSA) is 88.8 Å². The number of carboxylic acid groups (broad SMARTS) is 1. The minimum absolute atomic E-state index is 0.300. The van der Waals surface area contributed by atoms with Crippen molar-refractivity contribution in [1.82, 2.24) is 0 Å². The van der Waals surface area contributed by atoms with E-state index in [0.29, 0.717) is 28.0 Å². The Morgan fingerprint density at radius 2 is 2.05 bits per heavy atom. The molecule has 0 amide bonds. The molecule has 0 aliphatic rings. The van der Waals surface area contributed by atoms with Crippen LogP contribution in [0.3, 0.4) is 0 Å². The Balaban J connectivity index is 2.47. The highest BCUT2D eigenvalue weighted by Gasteiger charge is 2.19. The van der Waals surface area contributed by atoms with E-state index in [2.05, 4.69) is 0 Å². The monoisotopic (exact) mass is 277 g/mol. The quantitative estimate of drug-likeness (QED) is 0.776. The van der Waals surface area contributed by atoms with Crippen LogP contribution in [0.15, 0.2) is 22.6 Å². The lowest BCUT2D eigenvalue weighted by atomic mass is 10.1. The highest BCUT2D eigenvalue weighted by molar-refractivity contribution is 6.04. The number of fused-ring (bicyclic) bond motifs is 1. The summed E-state index contributed by atoms with van der Waals surface area (Å²) in [6.45, 7) is 3.01. The van der Waals surface area contributed by atoms with Gasteiger partial charge in [-0.1, -0.05) is 0 Å². The molecule has 1 aromatic carbocycles.